The van der Waals surface area contributed by atoms with Gasteiger partial charge in [-0.25, -0.2) is 8.42 Å². The van der Waals surface area contributed by atoms with Crippen LogP contribution in [0.3, 0.4) is 0 Å². The Morgan fingerprint density at radius 1 is 1.26 bits per heavy atom. The molecular weight excluding hydrogens is 292 g/mol. The zero-order valence-corrected chi connectivity index (χ0v) is 11.7. The van der Waals surface area contributed by atoms with Gasteiger partial charge >= 0.3 is 0 Å². The van der Waals surface area contributed by atoms with E-state index >= 15 is 0 Å². The Hall–Kier alpha value is -1.31. The first-order chi connectivity index (χ1) is 8.98. The SMILES string of the molecule is O=C(NCCO)c1ccc(NS(=O)(=O)CCCl)cc1. The number of anilines is 1. The lowest BCUT2D eigenvalue weighted by Gasteiger charge is -2.07. The van der Waals surface area contributed by atoms with E-state index in [1.807, 2.05) is 0 Å². The first kappa shape index (κ1) is 15.7. The van der Waals surface area contributed by atoms with Gasteiger partial charge in [-0.05, 0) is 24.3 Å². The van der Waals surface area contributed by atoms with Crippen LogP contribution in [-0.2, 0) is 10.0 Å². The van der Waals surface area contributed by atoms with Gasteiger partial charge in [-0.2, -0.15) is 0 Å². The Bertz CT molecular complexity index is 516. The minimum atomic E-state index is -3.45. The van der Waals surface area contributed by atoms with Gasteiger partial charge in [0.05, 0.1) is 12.4 Å². The molecular formula is C11H15ClN2O4S. The molecule has 0 aliphatic heterocycles. The van der Waals surface area contributed by atoms with Crippen molar-refractivity contribution in [3.05, 3.63) is 29.8 Å². The summed E-state index contributed by atoms with van der Waals surface area (Å²) in [7, 11) is -3.45. The number of aliphatic hydroxyl groups is 1. The zero-order valence-electron chi connectivity index (χ0n) is 10.1. The summed E-state index contributed by atoms with van der Waals surface area (Å²) < 4.78 is 25.3. The molecule has 1 aromatic rings. The van der Waals surface area contributed by atoms with Crippen molar-refractivity contribution in [3.8, 4) is 0 Å². The van der Waals surface area contributed by atoms with Crippen molar-refractivity contribution in [2.45, 2.75) is 0 Å². The van der Waals surface area contributed by atoms with Gasteiger partial charge in [0.25, 0.3) is 5.91 Å². The standard InChI is InChI=1S/C11H15ClN2O4S/c12-5-8-19(17,18)14-10-3-1-9(2-4-10)11(16)13-6-7-15/h1-4,14-15H,5-8H2,(H,13,16). The number of carbonyl (C=O) groups excluding carboxylic acids is 1. The number of sulfonamides is 1. The Kier molecular flexibility index (Phi) is 6.07. The molecule has 0 aliphatic carbocycles. The van der Waals surface area contributed by atoms with Crippen molar-refractivity contribution in [1.82, 2.24) is 5.32 Å². The summed E-state index contributed by atoms with van der Waals surface area (Å²) >= 11 is 5.38. The van der Waals surface area contributed by atoms with Crippen LogP contribution in [0, 0.1) is 0 Å². The average Bonchev–Trinajstić information content (AvgIpc) is 2.36. The number of hydrogen-bond acceptors (Lipinski definition) is 4. The predicted molar refractivity (Wildman–Crippen MR) is 74.0 cm³/mol. The summed E-state index contributed by atoms with van der Waals surface area (Å²) in [6.45, 7) is 0.0327. The van der Waals surface area contributed by atoms with Crippen molar-refractivity contribution in [3.63, 3.8) is 0 Å². The third kappa shape index (κ3) is 5.46. The van der Waals surface area contributed by atoms with Crippen LogP contribution in [-0.4, -0.2) is 44.2 Å². The van der Waals surface area contributed by atoms with E-state index in [9.17, 15) is 13.2 Å². The maximum absolute atomic E-state index is 11.5. The van der Waals surface area contributed by atoms with Gasteiger partial charge in [-0.1, -0.05) is 0 Å². The highest BCUT2D eigenvalue weighted by Gasteiger charge is 2.10. The molecule has 1 amide bonds. The quantitative estimate of drug-likeness (QED) is 0.635. The van der Waals surface area contributed by atoms with Crippen LogP contribution in [0.15, 0.2) is 24.3 Å². The lowest BCUT2D eigenvalue weighted by Crippen LogP contribution is -2.26. The molecule has 0 spiro atoms. The lowest BCUT2D eigenvalue weighted by atomic mass is 10.2. The maximum Gasteiger partial charge on any atom is 0.251 e. The Labute approximate surface area is 116 Å². The second-order valence-electron chi connectivity index (χ2n) is 3.67. The minimum Gasteiger partial charge on any atom is -0.395 e. The molecule has 106 valence electrons. The van der Waals surface area contributed by atoms with E-state index in [2.05, 4.69) is 10.0 Å². The molecule has 0 aromatic heterocycles. The Balaban J connectivity index is 2.69. The van der Waals surface area contributed by atoms with E-state index in [4.69, 9.17) is 16.7 Å². The molecule has 0 fully saturated rings. The van der Waals surface area contributed by atoms with Crippen LogP contribution in [0.2, 0.25) is 0 Å². The summed E-state index contributed by atoms with van der Waals surface area (Å²) in [6.07, 6.45) is 0. The normalized spacial score (nSPS) is 11.1. The molecule has 1 rings (SSSR count). The van der Waals surface area contributed by atoms with E-state index in [1.165, 1.54) is 24.3 Å². The lowest BCUT2D eigenvalue weighted by molar-refractivity contribution is 0.0945. The Morgan fingerprint density at radius 2 is 1.89 bits per heavy atom. The smallest absolute Gasteiger partial charge is 0.251 e. The number of rotatable bonds is 7. The molecule has 8 heteroatoms. The molecule has 3 N–H and O–H groups in total. The number of amides is 1. The maximum atomic E-state index is 11.5. The first-order valence-electron chi connectivity index (χ1n) is 5.54. The summed E-state index contributed by atoms with van der Waals surface area (Å²) in [6, 6.07) is 5.95. The van der Waals surface area contributed by atoms with E-state index in [0.717, 1.165) is 0 Å². The highest BCUT2D eigenvalue weighted by Crippen LogP contribution is 2.11. The number of hydrogen-bond donors (Lipinski definition) is 3. The van der Waals surface area contributed by atoms with E-state index < -0.39 is 10.0 Å². The second-order valence-corrected chi connectivity index (χ2v) is 5.89. The highest BCUT2D eigenvalue weighted by atomic mass is 35.5. The van der Waals surface area contributed by atoms with Gasteiger partial charge in [0.2, 0.25) is 10.0 Å². The van der Waals surface area contributed by atoms with Gasteiger partial charge in [0.15, 0.2) is 0 Å². The van der Waals surface area contributed by atoms with Gasteiger partial charge in [0, 0.05) is 23.7 Å². The zero-order chi connectivity index (χ0) is 14.3. The minimum absolute atomic E-state index is 0.0109. The van der Waals surface area contributed by atoms with Crippen molar-refractivity contribution in [1.29, 1.82) is 0 Å². The molecule has 0 saturated carbocycles. The fraction of sp³-hybridized carbons (Fsp3) is 0.364. The predicted octanol–water partition coefficient (Wildman–Crippen LogP) is 0.389. The van der Waals surface area contributed by atoms with Crippen LogP contribution in [0.25, 0.3) is 0 Å². The number of halogens is 1. The van der Waals surface area contributed by atoms with Crippen molar-refractivity contribution in [2.75, 3.05) is 29.5 Å². The Morgan fingerprint density at radius 3 is 2.42 bits per heavy atom. The van der Waals surface area contributed by atoms with Gasteiger partial charge in [0.1, 0.15) is 0 Å². The number of benzene rings is 1. The van der Waals surface area contributed by atoms with Crippen molar-refractivity contribution >= 4 is 33.2 Å². The van der Waals surface area contributed by atoms with Gasteiger partial charge in [-0.15, -0.1) is 11.6 Å². The van der Waals surface area contributed by atoms with Gasteiger partial charge in [-0.3, -0.25) is 9.52 Å². The average molecular weight is 307 g/mol. The number of carbonyl (C=O) groups is 1. The van der Waals surface area contributed by atoms with E-state index in [0.29, 0.717) is 11.3 Å². The van der Waals surface area contributed by atoms with Crippen LogP contribution in [0.4, 0.5) is 5.69 Å². The number of alkyl halides is 1. The van der Waals surface area contributed by atoms with Crippen LogP contribution in [0.1, 0.15) is 10.4 Å². The molecule has 1 aromatic carbocycles. The third-order valence-electron chi connectivity index (χ3n) is 2.16. The van der Waals surface area contributed by atoms with Crippen LogP contribution >= 0.6 is 11.6 Å². The topological polar surface area (TPSA) is 95.5 Å². The summed E-state index contributed by atoms with van der Waals surface area (Å²) in [5, 5.41) is 11.1. The van der Waals surface area contributed by atoms with Crippen molar-refractivity contribution in [2.24, 2.45) is 0 Å². The van der Waals surface area contributed by atoms with E-state index in [1.54, 1.807) is 0 Å². The summed E-state index contributed by atoms with van der Waals surface area (Å²) in [4.78, 5) is 11.5. The monoisotopic (exact) mass is 306 g/mol. The summed E-state index contributed by atoms with van der Waals surface area (Å²) in [5.74, 6) is -0.492. The molecule has 19 heavy (non-hydrogen) atoms. The van der Waals surface area contributed by atoms with E-state index in [-0.39, 0.29) is 30.7 Å². The summed E-state index contributed by atoms with van der Waals surface area (Å²) in [5.41, 5.74) is 0.748. The molecule has 0 unspecified atom stereocenters. The van der Waals surface area contributed by atoms with Crippen molar-refractivity contribution < 1.29 is 18.3 Å². The third-order valence-corrected chi connectivity index (χ3v) is 3.87. The number of nitrogens with one attached hydrogen (secondary N) is 2. The molecule has 0 bridgehead atoms. The fourth-order valence-corrected chi connectivity index (χ4v) is 2.70. The van der Waals surface area contributed by atoms with Gasteiger partial charge < -0.3 is 10.4 Å². The molecule has 0 aliphatic rings. The largest absolute Gasteiger partial charge is 0.395 e. The molecule has 0 heterocycles. The number of aliphatic hydroxyl groups excluding tert-OH is 1. The molecule has 0 radical (unpaired) electrons. The molecule has 0 atom stereocenters. The van der Waals surface area contributed by atoms with Crippen LogP contribution < -0.4 is 10.0 Å². The van der Waals surface area contributed by atoms with Crippen LogP contribution in [0.5, 0.6) is 0 Å². The molecule has 6 nitrogen and oxygen atoms in total. The first-order valence-corrected chi connectivity index (χ1v) is 7.73. The highest BCUT2D eigenvalue weighted by molar-refractivity contribution is 7.92. The molecule has 0 saturated heterocycles. The second kappa shape index (κ2) is 7.32. The fourth-order valence-electron chi connectivity index (χ4n) is 1.29.